The molecule has 0 unspecified atom stereocenters. The lowest BCUT2D eigenvalue weighted by molar-refractivity contribution is 0.719. The number of aromatic nitrogens is 3. The molecule has 20 heavy (non-hydrogen) atoms. The standard InChI is InChI=1S/C14H17N3S3/c1-8-6-9(2)11(10(3)7-8)20-14-16-12(18-4)15-13(17-14)19-5/h6-7H,1-5H3. The maximum Gasteiger partial charge on any atom is 0.197 e. The summed E-state index contributed by atoms with van der Waals surface area (Å²) in [5.74, 6) is 0. The van der Waals surface area contributed by atoms with Crippen molar-refractivity contribution in [2.24, 2.45) is 0 Å². The second-order valence-electron chi connectivity index (χ2n) is 4.42. The lowest BCUT2D eigenvalue weighted by Crippen LogP contribution is -1.97. The molecule has 1 heterocycles. The van der Waals surface area contributed by atoms with Gasteiger partial charge in [0.2, 0.25) is 0 Å². The normalized spacial score (nSPS) is 10.8. The second-order valence-corrected chi connectivity index (χ2v) is 6.95. The highest BCUT2D eigenvalue weighted by molar-refractivity contribution is 8.00. The fourth-order valence-corrected chi connectivity index (χ4v) is 3.74. The van der Waals surface area contributed by atoms with Gasteiger partial charge in [0.1, 0.15) is 0 Å². The van der Waals surface area contributed by atoms with Crippen molar-refractivity contribution in [3.8, 4) is 0 Å². The van der Waals surface area contributed by atoms with Gasteiger partial charge in [0, 0.05) is 4.90 Å². The van der Waals surface area contributed by atoms with Gasteiger partial charge in [0.25, 0.3) is 0 Å². The van der Waals surface area contributed by atoms with Gasteiger partial charge in [-0.15, -0.1) is 0 Å². The molecule has 0 aliphatic carbocycles. The van der Waals surface area contributed by atoms with E-state index in [0.717, 1.165) is 15.5 Å². The maximum absolute atomic E-state index is 4.49. The minimum atomic E-state index is 0.767. The number of thioether (sulfide) groups is 2. The number of hydrogen-bond acceptors (Lipinski definition) is 6. The Hall–Kier alpha value is -0.720. The molecule has 6 heteroatoms. The van der Waals surface area contributed by atoms with Crippen LogP contribution in [0.4, 0.5) is 0 Å². The third-order valence-corrected chi connectivity index (χ3v) is 5.05. The lowest BCUT2D eigenvalue weighted by Gasteiger charge is -2.10. The monoisotopic (exact) mass is 323 g/mol. The first-order valence-electron chi connectivity index (χ1n) is 6.13. The Labute approximate surface area is 132 Å². The fourth-order valence-electron chi connectivity index (χ4n) is 1.97. The summed E-state index contributed by atoms with van der Waals surface area (Å²) in [7, 11) is 0. The Morgan fingerprint density at radius 3 is 1.65 bits per heavy atom. The Balaban J connectivity index is 2.39. The molecular formula is C14H17N3S3. The van der Waals surface area contributed by atoms with Gasteiger partial charge in [-0.05, 0) is 56.2 Å². The van der Waals surface area contributed by atoms with Crippen molar-refractivity contribution in [2.75, 3.05) is 12.5 Å². The van der Waals surface area contributed by atoms with Gasteiger partial charge >= 0.3 is 0 Å². The molecule has 0 amide bonds. The summed E-state index contributed by atoms with van der Waals surface area (Å²) in [4.78, 5) is 14.6. The molecule has 1 aromatic heterocycles. The highest BCUT2D eigenvalue weighted by atomic mass is 32.2. The summed E-state index contributed by atoms with van der Waals surface area (Å²) in [6.07, 6.45) is 3.96. The molecule has 0 radical (unpaired) electrons. The number of nitrogens with zero attached hydrogens (tertiary/aromatic N) is 3. The fraction of sp³-hybridized carbons (Fsp3) is 0.357. The van der Waals surface area contributed by atoms with E-state index in [4.69, 9.17) is 0 Å². The smallest absolute Gasteiger partial charge is 0.196 e. The van der Waals surface area contributed by atoms with Crippen molar-refractivity contribution >= 4 is 35.3 Å². The average Bonchev–Trinajstić information content (AvgIpc) is 2.42. The van der Waals surface area contributed by atoms with E-state index in [1.807, 2.05) is 12.5 Å². The molecule has 2 aromatic rings. The number of hydrogen-bond donors (Lipinski definition) is 0. The second kappa shape index (κ2) is 6.83. The van der Waals surface area contributed by atoms with Crippen molar-refractivity contribution in [3.63, 3.8) is 0 Å². The van der Waals surface area contributed by atoms with Gasteiger partial charge in [-0.2, -0.15) is 15.0 Å². The highest BCUT2D eigenvalue weighted by Crippen LogP contribution is 2.32. The summed E-state index contributed by atoms with van der Waals surface area (Å²) in [5.41, 5.74) is 3.82. The molecule has 0 saturated heterocycles. The van der Waals surface area contributed by atoms with Crippen LogP contribution in [0.2, 0.25) is 0 Å². The lowest BCUT2D eigenvalue weighted by atomic mass is 10.1. The summed E-state index contributed by atoms with van der Waals surface area (Å²) < 4.78 is 0. The Kier molecular flexibility index (Phi) is 5.35. The van der Waals surface area contributed by atoms with Crippen molar-refractivity contribution in [1.82, 2.24) is 15.0 Å². The molecule has 2 rings (SSSR count). The summed E-state index contributed by atoms with van der Waals surface area (Å²) in [6.45, 7) is 6.39. The van der Waals surface area contributed by atoms with Gasteiger partial charge < -0.3 is 0 Å². The zero-order valence-electron chi connectivity index (χ0n) is 12.2. The van der Waals surface area contributed by atoms with Crippen LogP contribution in [0.15, 0.2) is 32.5 Å². The molecular weight excluding hydrogens is 306 g/mol. The zero-order valence-corrected chi connectivity index (χ0v) is 14.7. The molecule has 106 valence electrons. The molecule has 0 spiro atoms. The van der Waals surface area contributed by atoms with Gasteiger partial charge in [0.05, 0.1) is 0 Å². The predicted octanol–water partition coefficient (Wildman–Crippen LogP) is 4.39. The van der Waals surface area contributed by atoms with Crippen molar-refractivity contribution in [3.05, 3.63) is 28.8 Å². The van der Waals surface area contributed by atoms with E-state index < -0.39 is 0 Å². The third kappa shape index (κ3) is 3.68. The summed E-state index contributed by atoms with van der Waals surface area (Å²) >= 11 is 4.71. The number of aryl methyl sites for hydroxylation is 3. The molecule has 0 atom stereocenters. The largest absolute Gasteiger partial charge is 0.197 e. The molecule has 1 aromatic carbocycles. The minimum absolute atomic E-state index is 0.767. The van der Waals surface area contributed by atoms with Gasteiger partial charge in [0.15, 0.2) is 15.5 Å². The van der Waals surface area contributed by atoms with E-state index in [0.29, 0.717) is 0 Å². The third-order valence-electron chi connectivity index (χ3n) is 2.74. The van der Waals surface area contributed by atoms with Crippen LogP contribution in [0.3, 0.4) is 0 Å². The summed E-state index contributed by atoms with van der Waals surface area (Å²) in [6, 6.07) is 4.39. The Morgan fingerprint density at radius 1 is 0.750 bits per heavy atom. The molecule has 0 bridgehead atoms. The predicted molar refractivity (Wildman–Crippen MR) is 88.2 cm³/mol. The Morgan fingerprint density at radius 2 is 1.20 bits per heavy atom. The molecule has 0 saturated carbocycles. The van der Waals surface area contributed by atoms with Crippen molar-refractivity contribution in [2.45, 2.75) is 41.1 Å². The van der Waals surface area contributed by atoms with Crippen LogP contribution in [-0.2, 0) is 0 Å². The van der Waals surface area contributed by atoms with E-state index in [9.17, 15) is 0 Å². The molecule has 3 nitrogen and oxygen atoms in total. The first-order valence-corrected chi connectivity index (χ1v) is 9.40. The van der Waals surface area contributed by atoms with E-state index in [2.05, 4.69) is 47.9 Å². The van der Waals surface area contributed by atoms with Crippen LogP contribution >= 0.6 is 35.3 Å². The number of rotatable bonds is 4. The van der Waals surface area contributed by atoms with Gasteiger partial charge in [-0.3, -0.25) is 0 Å². The van der Waals surface area contributed by atoms with Crippen LogP contribution in [-0.4, -0.2) is 27.5 Å². The first kappa shape index (κ1) is 15.7. The van der Waals surface area contributed by atoms with Crippen LogP contribution in [0.5, 0.6) is 0 Å². The van der Waals surface area contributed by atoms with Crippen LogP contribution in [0.25, 0.3) is 0 Å². The minimum Gasteiger partial charge on any atom is -0.196 e. The van der Waals surface area contributed by atoms with E-state index in [1.165, 1.54) is 21.6 Å². The van der Waals surface area contributed by atoms with Crippen LogP contribution in [0.1, 0.15) is 16.7 Å². The molecule has 0 fully saturated rings. The zero-order chi connectivity index (χ0) is 14.7. The molecule has 0 aliphatic rings. The van der Waals surface area contributed by atoms with Crippen molar-refractivity contribution < 1.29 is 0 Å². The maximum atomic E-state index is 4.49. The molecule has 0 N–H and O–H groups in total. The summed E-state index contributed by atoms with van der Waals surface area (Å²) in [5, 5.41) is 2.31. The SMILES string of the molecule is CSc1nc(SC)nc(Sc2c(C)cc(C)cc2C)n1. The first-order chi connectivity index (χ1) is 9.53. The van der Waals surface area contributed by atoms with Gasteiger partial charge in [-0.1, -0.05) is 41.2 Å². The van der Waals surface area contributed by atoms with E-state index >= 15 is 0 Å². The quantitative estimate of drug-likeness (QED) is 0.777. The van der Waals surface area contributed by atoms with Gasteiger partial charge in [-0.25, -0.2) is 0 Å². The number of benzene rings is 1. The Bertz CT molecular complexity index is 584. The van der Waals surface area contributed by atoms with Crippen LogP contribution in [0, 0.1) is 20.8 Å². The van der Waals surface area contributed by atoms with Crippen molar-refractivity contribution in [1.29, 1.82) is 0 Å². The van der Waals surface area contributed by atoms with E-state index in [-0.39, 0.29) is 0 Å². The topological polar surface area (TPSA) is 38.7 Å². The van der Waals surface area contributed by atoms with E-state index in [1.54, 1.807) is 35.3 Å². The van der Waals surface area contributed by atoms with Crippen LogP contribution < -0.4 is 0 Å². The molecule has 0 aliphatic heterocycles. The highest BCUT2D eigenvalue weighted by Gasteiger charge is 2.11. The average molecular weight is 324 g/mol.